The van der Waals surface area contributed by atoms with Crippen LogP contribution >= 0.6 is 34.1 Å². The van der Waals surface area contributed by atoms with E-state index >= 15 is 0 Å². The molecule has 198 valence electrons. The maximum atomic E-state index is 4.93. The molecule has 4 aromatic rings. The number of fused-ring (bicyclic) bond motifs is 2. The molecule has 7 heteroatoms. The molecule has 0 heterocycles. The minimum absolute atomic E-state index is 0.236. The number of aryl methyl sites for hydroxylation is 2. The van der Waals surface area contributed by atoms with Gasteiger partial charge in [0.15, 0.2) is 0 Å². The van der Waals surface area contributed by atoms with Crippen LogP contribution in [-0.4, -0.2) is 9.52 Å². The summed E-state index contributed by atoms with van der Waals surface area (Å²) in [5.74, 6) is 0. The Hall–Kier alpha value is 0.803. The standard InChI is InChI=1S/2C14H17.C2H4Si.4ClH.2Zr/c2*1-10-8-11-6-5-7-13(12(11)9-10)14(2,3)4;1-3-2;;;;;;/h2*5-9H,1-4H3;1-2H2;4*1H;;/q2*-1;-2;;;;;2*+4/p-4. The molecule has 4 rings (SSSR count). The molecule has 0 N–H and O–H groups in total. The number of benzene rings is 2. The first-order chi connectivity index (χ1) is 17.2. The van der Waals surface area contributed by atoms with E-state index in [9.17, 15) is 0 Å². The molecular weight excluding hydrogens is 713 g/mol. The van der Waals surface area contributed by atoms with Crippen molar-refractivity contribution in [2.45, 2.75) is 66.2 Å². The first kappa shape index (κ1) is 37.8. The summed E-state index contributed by atoms with van der Waals surface area (Å²) in [5, 5.41) is 5.57. The molecule has 0 saturated heterocycles. The van der Waals surface area contributed by atoms with Crippen LogP contribution in [0.1, 0.15) is 63.8 Å². The van der Waals surface area contributed by atoms with E-state index in [4.69, 9.17) is 34.1 Å². The predicted molar refractivity (Wildman–Crippen MR) is 166 cm³/mol. The number of hydrogen-bond acceptors (Lipinski definition) is 0. The molecule has 0 unspecified atom stereocenters. The van der Waals surface area contributed by atoms with E-state index in [0.717, 1.165) is 0 Å². The van der Waals surface area contributed by atoms with Crippen LogP contribution in [0.3, 0.4) is 0 Å². The fourth-order valence-electron chi connectivity index (χ4n) is 4.08. The van der Waals surface area contributed by atoms with Gasteiger partial charge in [0.25, 0.3) is 0 Å². The fraction of sp³-hybridized carbons (Fsp3) is 0.333. The van der Waals surface area contributed by atoms with Crippen LogP contribution in [0.4, 0.5) is 0 Å². The molecule has 0 saturated carbocycles. The summed E-state index contributed by atoms with van der Waals surface area (Å²) in [5.41, 5.74) is 6.08. The quantitative estimate of drug-likeness (QED) is 0.124. The summed E-state index contributed by atoms with van der Waals surface area (Å²) in [6.45, 7) is 24.7. The van der Waals surface area contributed by atoms with Gasteiger partial charge in [-0.2, -0.15) is 12.1 Å². The summed E-state index contributed by atoms with van der Waals surface area (Å²) in [6, 6.07) is 22.3. The molecule has 4 aromatic carbocycles. The molecule has 0 amide bonds. The number of hydrogen-bond donors (Lipinski definition) is 0. The van der Waals surface area contributed by atoms with Crippen LogP contribution in [0.25, 0.3) is 21.5 Å². The van der Waals surface area contributed by atoms with E-state index in [0.29, 0.717) is 9.52 Å². The van der Waals surface area contributed by atoms with Crippen molar-refractivity contribution in [2.24, 2.45) is 0 Å². The molecule has 0 aliphatic rings. The van der Waals surface area contributed by atoms with E-state index in [1.165, 1.54) is 43.8 Å². The van der Waals surface area contributed by atoms with Gasteiger partial charge in [-0.1, -0.05) is 78.6 Å². The first-order valence-electron chi connectivity index (χ1n) is 11.8. The average molecular weight is 751 g/mol. The fourth-order valence-corrected chi connectivity index (χ4v) is 4.08. The summed E-state index contributed by atoms with van der Waals surface area (Å²) >= 11 is -1.65. The normalized spacial score (nSPS) is 10.3. The number of halogens is 4. The first-order valence-corrected chi connectivity index (χ1v) is 25.8. The third-order valence-electron chi connectivity index (χ3n) is 5.41. The van der Waals surface area contributed by atoms with Crippen LogP contribution in [-0.2, 0) is 52.5 Å². The zero-order valence-corrected chi connectivity index (χ0v) is 32.1. The van der Waals surface area contributed by atoms with Crippen molar-refractivity contribution >= 4 is 65.1 Å². The van der Waals surface area contributed by atoms with E-state index in [2.05, 4.69) is 129 Å². The minimum atomic E-state index is -0.826. The summed E-state index contributed by atoms with van der Waals surface area (Å²) in [7, 11) is 20.3. The van der Waals surface area contributed by atoms with Crippen molar-refractivity contribution in [1.29, 1.82) is 0 Å². The summed E-state index contributed by atoms with van der Waals surface area (Å²) < 4.78 is 0. The predicted octanol–water partition coefficient (Wildman–Crippen LogP) is 11.4. The number of rotatable bonds is 0. The molecule has 0 atom stereocenters. The van der Waals surface area contributed by atoms with Gasteiger partial charge in [0.1, 0.15) is 0 Å². The molecule has 2 radical (unpaired) electrons. The van der Waals surface area contributed by atoms with Gasteiger partial charge in [-0.25, -0.2) is 0 Å². The third kappa shape index (κ3) is 13.8. The second-order valence-corrected chi connectivity index (χ2v) is 18.5. The molecule has 0 bridgehead atoms. The maximum absolute atomic E-state index is 4.93. The Morgan fingerprint density at radius 2 is 0.919 bits per heavy atom. The van der Waals surface area contributed by atoms with Gasteiger partial charge in [0.2, 0.25) is 0 Å². The van der Waals surface area contributed by atoms with E-state index in [1.807, 2.05) is 0 Å². The van der Waals surface area contributed by atoms with Gasteiger partial charge in [-0.05, 0) is 10.8 Å². The molecular formula is C30H38Cl4SiZr2. The Bertz CT molecular complexity index is 1070. The molecule has 0 fully saturated rings. The molecule has 0 aromatic heterocycles. The Morgan fingerprint density at radius 1 is 0.649 bits per heavy atom. The molecule has 0 aliphatic heterocycles. The molecule has 0 spiro atoms. The van der Waals surface area contributed by atoms with E-state index < -0.39 is 41.7 Å². The van der Waals surface area contributed by atoms with Crippen molar-refractivity contribution < 1.29 is 41.7 Å². The molecule has 0 nitrogen and oxygen atoms in total. The molecule has 0 aliphatic carbocycles. The van der Waals surface area contributed by atoms with Crippen molar-refractivity contribution in [3.63, 3.8) is 0 Å². The monoisotopic (exact) mass is 746 g/mol. The van der Waals surface area contributed by atoms with Gasteiger partial charge in [0, 0.05) is 0 Å². The van der Waals surface area contributed by atoms with Crippen molar-refractivity contribution in [2.75, 3.05) is 0 Å². The summed E-state index contributed by atoms with van der Waals surface area (Å²) in [6.07, 6.45) is 0. The Morgan fingerprint density at radius 3 is 1.16 bits per heavy atom. The SMILES string of the molecule is Cc1cc2c(C(C)(C)C)cccc2[cH-]1.Cc1cc2c(C(C)(C)C)cccc2[cH-]1.[CH2-][Si][CH2-].[Cl][Zr+2][Cl].[Cl][Zr+2][Cl]. The topological polar surface area (TPSA) is 0 Å². The second kappa shape index (κ2) is 19.0. The van der Waals surface area contributed by atoms with Crippen LogP contribution in [0.15, 0.2) is 60.7 Å². The van der Waals surface area contributed by atoms with Crippen molar-refractivity contribution in [1.82, 2.24) is 0 Å². The Balaban J connectivity index is 0.000000533. The van der Waals surface area contributed by atoms with E-state index in [-0.39, 0.29) is 10.8 Å². The summed E-state index contributed by atoms with van der Waals surface area (Å²) in [4.78, 5) is 0. The zero-order chi connectivity index (χ0) is 28.8. The van der Waals surface area contributed by atoms with Gasteiger partial charge in [-0.15, -0.1) is 69.1 Å². The van der Waals surface area contributed by atoms with Gasteiger partial charge in [0.05, 0.1) is 0 Å². The van der Waals surface area contributed by atoms with Crippen molar-refractivity contribution in [3.8, 4) is 0 Å². The Kier molecular flexibility index (Phi) is 19.4. The third-order valence-corrected chi connectivity index (χ3v) is 5.41. The zero-order valence-electron chi connectivity index (χ0n) is 23.2. The Labute approximate surface area is 266 Å². The average Bonchev–Trinajstić information content (AvgIpc) is 3.34. The van der Waals surface area contributed by atoms with Crippen LogP contribution in [0.2, 0.25) is 0 Å². The van der Waals surface area contributed by atoms with Gasteiger partial charge >= 0.3 is 75.7 Å². The second-order valence-electron chi connectivity index (χ2n) is 10.6. The van der Waals surface area contributed by atoms with Crippen molar-refractivity contribution in [3.05, 3.63) is 96.0 Å². The van der Waals surface area contributed by atoms with Crippen LogP contribution < -0.4 is 0 Å². The molecule has 37 heavy (non-hydrogen) atoms. The van der Waals surface area contributed by atoms with E-state index in [1.54, 1.807) is 0 Å². The van der Waals surface area contributed by atoms with Crippen LogP contribution in [0, 0.1) is 26.9 Å². The van der Waals surface area contributed by atoms with Gasteiger partial charge in [-0.3, -0.25) is 0 Å². The van der Waals surface area contributed by atoms with Crippen LogP contribution in [0.5, 0.6) is 0 Å². The van der Waals surface area contributed by atoms with Gasteiger partial charge < -0.3 is 22.6 Å².